The van der Waals surface area contributed by atoms with Gasteiger partial charge in [0.15, 0.2) is 0 Å². The highest BCUT2D eigenvalue weighted by atomic mass is 35.5. The highest BCUT2D eigenvalue weighted by Gasteiger charge is 2.21. The van der Waals surface area contributed by atoms with Gasteiger partial charge in [0.2, 0.25) is 0 Å². The Morgan fingerprint density at radius 1 is 1.47 bits per heavy atom. The lowest BCUT2D eigenvalue weighted by Gasteiger charge is -2.37. The predicted octanol–water partition coefficient (Wildman–Crippen LogP) is 4.00. The number of hydrogen-bond donors (Lipinski definition) is 0. The summed E-state index contributed by atoms with van der Waals surface area (Å²) in [5, 5.41) is 9.34. The smallest absolute Gasteiger partial charge is 0.101 e. The maximum Gasteiger partial charge on any atom is 0.101 e. The molecule has 0 spiro atoms. The SMILES string of the molecule is C=CCN(c1ccc(C#N)c(Cl)c1)C(C)(C)C. The van der Waals surface area contributed by atoms with Gasteiger partial charge < -0.3 is 4.90 Å². The third-order valence-corrected chi connectivity index (χ3v) is 2.82. The van der Waals surface area contributed by atoms with Crippen molar-refractivity contribution in [3.63, 3.8) is 0 Å². The average Bonchev–Trinajstić information content (AvgIpc) is 2.24. The van der Waals surface area contributed by atoms with Crippen LogP contribution in [0.2, 0.25) is 5.02 Å². The number of rotatable bonds is 3. The van der Waals surface area contributed by atoms with Crippen LogP contribution in [0.15, 0.2) is 30.9 Å². The standard InChI is InChI=1S/C14H17ClN2/c1-5-8-17(14(2,3)4)12-7-6-11(10-16)13(15)9-12/h5-7,9H,1,8H2,2-4H3. The van der Waals surface area contributed by atoms with E-state index >= 15 is 0 Å². The lowest BCUT2D eigenvalue weighted by Crippen LogP contribution is -2.41. The third-order valence-electron chi connectivity index (χ3n) is 2.51. The summed E-state index contributed by atoms with van der Waals surface area (Å²) < 4.78 is 0. The molecule has 0 radical (unpaired) electrons. The van der Waals surface area contributed by atoms with Crippen molar-refractivity contribution in [2.75, 3.05) is 11.4 Å². The Morgan fingerprint density at radius 2 is 2.12 bits per heavy atom. The third kappa shape index (κ3) is 3.25. The molecule has 0 saturated carbocycles. The van der Waals surface area contributed by atoms with Crippen LogP contribution in [0.3, 0.4) is 0 Å². The molecule has 0 bridgehead atoms. The first-order valence-electron chi connectivity index (χ1n) is 5.48. The van der Waals surface area contributed by atoms with E-state index in [1.54, 1.807) is 6.07 Å². The highest BCUT2D eigenvalue weighted by Crippen LogP contribution is 2.28. The molecule has 90 valence electrons. The van der Waals surface area contributed by atoms with Gasteiger partial charge in [0, 0.05) is 17.8 Å². The number of halogens is 1. The van der Waals surface area contributed by atoms with Crippen LogP contribution in [-0.2, 0) is 0 Å². The Morgan fingerprint density at radius 3 is 2.53 bits per heavy atom. The molecule has 0 amide bonds. The summed E-state index contributed by atoms with van der Waals surface area (Å²) in [5.74, 6) is 0. The molecule has 1 aromatic rings. The minimum atomic E-state index is -0.0221. The Bertz CT molecular complexity index is 452. The van der Waals surface area contributed by atoms with E-state index in [1.165, 1.54) is 0 Å². The molecule has 0 aliphatic heterocycles. The minimum absolute atomic E-state index is 0.0221. The molecular formula is C14H17ClN2. The molecule has 17 heavy (non-hydrogen) atoms. The zero-order valence-corrected chi connectivity index (χ0v) is 11.3. The number of nitrogens with zero attached hydrogens (tertiary/aromatic N) is 2. The van der Waals surface area contributed by atoms with Crippen molar-refractivity contribution in [3.05, 3.63) is 41.4 Å². The summed E-state index contributed by atoms with van der Waals surface area (Å²) in [5.41, 5.74) is 1.48. The predicted molar refractivity (Wildman–Crippen MR) is 73.5 cm³/mol. The molecule has 0 heterocycles. The number of hydrogen-bond acceptors (Lipinski definition) is 2. The average molecular weight is 249 g/mol. The number of benzene rings is 1. The van der Waals surface area contributed by atoms with Gasteiger partial charge in [-0.15, -0.1) is 6.58 Å². The van der Waals surface area contributed by atoms with Crippen LogP contribution in [0.5, 0.6) is 0 Å². The summed E-state index contributed by atoms with van der Waals surface area (Å²) >= 11 is 6.05. The Labute approximate surface area is 108 Å². The fourth-order valence-electron chi connectivity index (χ4n) is 1.66. The molecule has 0 saturated heterocycles. The van der Waals surface area contributed by atoms with Crippen molar-refractivity contribution in [2.24, 2.45) is 0 Å². The fraction of sp³-hybridized carbons (Fsp3) is 0.357. The molecule has 2 nitrogen and oxygen atoms in total. The Hall–Kier alpha value is -1.46. The van der Waals surface area contributed by atoms with Gasteiger partial charge in [-0.1, -0.05) is 17.7 Å². The van der Waals surface area contributed by atoms with Crippen molar-refractivity contribution in [1.82, 2.24) is 0 Å². The van der Waals surface area contributed by atoms with E-state index in [0.29, 0.717) is 10.6 Å². The highest BCUT2D eigenvalue weighted by molar-refractivity contribution is 6.32. The van der Waals surface area contributed by atoms with Crippen LogP contribution in [0.1, 0.15) is 26.3 Å². The van der Waals surface area contributed by atoms with Gasteiger partial charge in [0.25, 0.3) is 0 Å². The molecule has 0 N–H and O–H groups in total. The summed E-state index contributed by atoms with van der Waals surface area (Å²) in [4.78, 5) is 2.19. The molecule has 0 fully saturated rings. The largest absolute Gasteiger partial charge is 0.363 e. The molecule has 0 aromatic heterocycles. The minimum Gasteiger partial charge on any atom is -0.363 e. The maximum absolute atomic E-state index is 8.85. The van der Waals surface area contributed by atoms with Crippen molar-refractivity contribution in [3.8, 4) is 6.07 Å². The number of nitriles is 1. The first kappa shape index (κ1) is 13.6. The van der Waals surface area contributed by atoms with E-state index in [9.17, 15) is 0 Å². The van der Waals surface area contributed by atoms with Crippen LogP contribution in [0.25, 0.3) is 0 Å². The molecule has 3 heteroatoms. The molecule has 0 atom stereocenters. The second-order valence-corrected chi connectivity index (χ2v) is 5.25. The molecule has 0 aliphatic carbocycles. The van der Waals surface area contributed by atoms with Crippen molar-refractivity contribution >= 4 is 17.3 Å². The lowest BCUT2D eigenvalue weighted by molar-refractivity contribution is 0.522. The maximum atomic E-state index is 8.85. The molecule has 1 rings (SSSR count). The van der Waals surface area contributed by atoms with E-state index < -0.39 is 0 Å². The normalized spacial score (nSPS) is 10.8. The topological polar surface area (TPSA) is 27.0 Å². The van der Waals surface area contributed by atoms with Gasteiger partial charge in [-0.3, -0.25) is 0 Å². The van der Waals surface area contributed by atoms with Gasteiger partial charge in [0.05, 0.1) is 10.6 Å². The summed E-state index contributed by atoms with van der Waals surface area (Å²) in [7, 11) is 0. The summed E-state index contributed by atoms with van der Waals surface area (Å²) in [6.45, 7) is 10.9. The van der Waals surface area contributed by atoms with E-state index in [4.69, 9.17) is 16.9 Å². The molecular weight excluding hydrogens is 232 g/mol. The van der Waals surface area contributed by atoms with Gasteiger partial charge in [-0.25, -0.2) is 0 Å². The second-order valence-electron chi connectivity index (χ2n) is 4.85. The lowest BCUT2D eigenvalue weighted by atomic mass is 10.0. The monoisotopic (exact) mass is 248 g/mol. The van der Waals surface area contributed by atoms with Gasteiger partial charge in [-0.2, -0.15) is 5.26 Å². The number of anilines is 1. The van der Waals surface area contributed by atoms with E-state index in [0.717, 1.165) is 12.2 Å². The van der Waals surface area contributed by atoms with Crippen LogP contribution >= 0.6 is 11.6 Å². The Kier molecular flexibility index (Phi) is 4.20. The zero-order valence-electron chi connectivity index (χ0n) is 10.5. The van der Waals surface area contributed by atoms with Crippen LogP contribution in [-0.4, -0.2) is 12.1 Å². The van der Waals surface area contributed by atoms with Crippen LogP contribution in [0.4, 0.5) is 5.69 Å². The molecule has 1 aromatic carbocycles. The van der Waals surface area contributed by atoms with Gasteiger partial charge >= 0.3 is 0 Å². The molecule has 0 unspecified atom stereocenters. The van der Waals surface area contributed by atoms with Gasteiger partial charge in [0.1, 0.15) is 6.07 Å². The first-order valence-corrected chi connectivity index (χ1v) is 5.86. The van der Waals surface area contributed by atoms with Crippen molar-refractivity contribution < 1.29 is 0 Å². The second kappa shape index (κ2) is 5.25. The van der Waals surface area contributed by atoms with Crippen molar-refractivity contribution in [1.29, 1.82) is 5.26 Å². The van der Waals surface area contributed by atoms with E-state index in [2.05, 4.69) is 38.3 Å². The summed E-state index contributed by atoms with van der Waals surface area (Å²) in [6.07, 6.45) is 1.86. The fourth-order valence-corrected chi connectivity index (χ4v) is 1.88. The van der Waals surface area contributed by atoms with E-state index in [-0.39, 0.29) is 5.54 Å². The zero-order chi connectivity index (χ0) is 13.1. The quantitative estimate of drug-likeness (QED) is 0.756. The summed E-state index contributed by atoms with van der Waals surface area (Å²) in [6, 6.07) is 7.56. The first-order chi connectivity index (χ1) is 7.90. The Balaban J connectivity index is 3.17. The molecule has 0 aliphatic rings. The van der Waals surface area contributed by atoms with Crippen molar-refractivity contribution in [2.45, 2.75) is 26.3 Å². The van der Waals surface area contributed by atoms with E-state index in [1.807, 2.05) is 18.2 Å². The van der Waals surface area contributed by atoms with Gasteiger partial charge in [-0.05, 0) is 39.0 Å². The van der Waals surface area contributed by atoms with Crippen LogP contribution in [0, 0.1) is 11.3 Å². The van der Waals surface area contributed by atoms with Crippen LogP contribution < -0.4 is 4.90 Å².